The van der Waals surface area contributed by atoms with Crippen LogP contribution in [-0.2, 0) is 4.79 Å². The van der Waals surface area contributed by atoms with Gasteiger partial charge in [0.2, 0.25) is 5.91 Å². The molecule has 3 heterocycles. The van der Waals surface area contributed by atoms with E-state index in [1.165, 1.54) is 17.8 Å². The molecule has 1 aromatic heterocycles. The summed E-state index contributed by atoms with van der Waals surface area (Å²) in [6.07, 6.45) is 5.06. The van der Waals surface area contributed by atoms with Crippen molar-refractivity contribution in [3.8, 4) is 0 Å². The minimum absolute atomic E-state index is 0.129. The predicted octanol–water partition coefficient (Wildman–Crippen LogP) is 1.22. The molecule has 1 amide bonds. The zero-order chi connectivity index (χ0) is 10.3. The van der Waals surface area contributed by atoms with Crippen molar-refractivity contribution in [2.24, 2.45) is 5.92 Å². The van der Waals surface area contributed by atoms with Crippen molar-refractivity contribution >= 4 is 22.4 Å². The fraction of sp³-hybridized carbons (Fsp3) is 0.600. The third-order valence-corrected chi connectivity index (χ3v) is 3.99. The Morgan fingerprint density at radius 1 is 1.60 bits per heavy atom. The van der Waals surface area contributed by atoms with Gasteiger partial charge in [-0.15, -0.1) is 11.3 Å². The van der Waals surface area contributed by atoms with Gasteiger partial charge < -0.3 is 10.6 Å². The van der Waals surface area contributed by atoms with Crippen LogP contribution in [0.1, 0.15) is 19.3 Å². The Labute approximate surface area is 92.1 Å². The third-order valence-electron chi connectivity index (χ3n) is 3.30. The van der Waals surface area contributed by atoms with Gasteiger partial charge in [0.15, 0.2) is 5.13 Å². The molecule has 2 fully saturated rings. The van der Waals surface area contributed by atoms with Crippen molar-refractivity contribution in [2.45, 2.75) is 31.3 Å². The maximum atomic E-state index is 11.9. The van der Waals surface area contributed by atoms with E-state index in [0.29, 0.717) is 17.2 Å². The first-order valence-corrected chi connectivity index (χ1v) is 6.17. The number of aromatic nitrogens is 1. The summed E-state index contributed by atoms with van der Waals surface area (Å²) in [6.45, 7) is 0. The van der Waals surface area contributed by atoms with Gasteiger partial charge in [-0.05, 0) is 19.3 Å². The molecular weight excluding hydrogens is 210 g/mol. The molecular formula is C10H13N3OS. The molecule has 2 bridgehead atoms. The van der Waals surface area contributed by atoms with Crippen molar-refractivity contribution in [2.75, 3.05) is 5.32 Å². The van der Waals surface area contributed by atoms with Gasteiger partial charge in [-0.1, -0.05) is 0 Å². The summed E-state index contributed by atoms with van der Waals surface area (Å²) < 4.78 is 0. The molecule has 2 saturated heterocycles. The van der Waals surface area contributed by atoms with Gasteiger partial charge in [0, 0.05) is 23.7 Å². The van der Waals surface area contributed by atoms with Gasteiger partial charge in [0.05, 0.1) is 5.92 Å². The number of nitrogens with zero attached hydrogens (tertiary/aromatic N) is 1. The maximum absolute atomic E-state index is 11.9. The van der Waals surface area contributed by atoms with E-state index in [2.05, 4.69) is 15.6 Å². The van der Waals surface area contributed by atoms with Crippen LogP contribution in [0.25, 0.3) is 0 Å². The molecule has 1 aromatic rings. The van der Waals surface area contributed by atoms with E-state index in [9.17, 15) is 4.79 Å². The average Bonchev–Trinajstić information content (AvgIpc) is 2.93. The smallest absolute Gasteiger partial charge is 0.230 e. The van der Waals surface area contributed by atoms with Crippen LogP contribution >= 0.6 is 11.3 Å². The van der Waals surface area contributed by atoms with Gasteiger partial charge in [-0.2, -0.15) is 0 Å². The fourth-order valence-corrected chi connectivity index (χ4v) is 3.13. The first-order valence-electron chi connectivity index (χ1n) is 5.29. The van der Waals surface area contributed by atoms with Crippen molar-refractivity contribution in [1.29, 1.82) is 0 Å². The van der Waals surface area contributed by atoms with Crippen LogP contribution in [0.2, 0.25) is 0 Å². The van der Waals surface area contributed by atoms with Gasteiger partial charge in [0.25, 0.3) is 0 Å². The van der Waals surface area contributed by atoms with Crippen molar-refractivity contribution in [1.82, 2.24) is 10.3 Å². The zero-order valence-electron chi connectivity index (χ0n) is 8.27. The molecule has 2 aliphatic heterocycles. The number of rotatable bonds is 2. The highest BCUT2D eigenvalue weighted by Gasteiger charge is 2.42. The monoisotopic (exact) mass is 223 g/mol. The maximum Gasteiger partial charge on any atom is 0.230 e. The number of hydrogen-bond acceptors (Lipinski definition) is 4. The number of carbonyl (C=O) groups is 1. The third kappa shape index (κ3) is 1.66. The summed E-state index contributed by atoms with van der Waals surface area (Å²) in [5.41, 5.74) is 0. The second-order valence-corrected chi connectivity index (χ2v) is 5.11. The van der Waals surface area contributed by atoms with Crippen LogP contribution in [0, 0.1) is 5.92 Å². The molecule has 0 aromatic carbocycles. The molecule has 2 N–H and O–H groups in total. The zero-order valence-corrected chi connectivity index (χ0v) is 9.09. The number of carbonyl (C=O) groups excluding carboxylic acids is 1. The van der Waals surface area contributed by atoms with E-state index < -0.39 is 0 Å². The van der Waals surface area contributed by atoms with Gasteiger partial charge >= 0.3 is 0 Å². The second-order valence-electron chi connectivity index (χ2n) is 4.22. The van der Waals surface area contributed by atoms with Crippen LogP contribution in [0.4, 0.5) is 5.13 Å². The minimum Gasteiger partial charge on any atom is -0.310 e. The lowest BCUT2D eigenvalue weighted by Gasteiger charge is -2.18. The Kier molecular flexibility index (Phi) is 2.21. The molecule has 80 valence electrons. The fourth-order valence-electron chi connectivity index (χ4n) is 2.60. The first kappa shape index (κ1) is 9.30. The molecule has 3 rings (SSSR count). The predicted molar refractivity (Wildman–Crippen MR) is 58.8 cm³/mol. The van der Waals surface area contributed by atoms with E-state index in [-0.39, 0.29) is 11.8 Å². The van der Waals surface area contributed by atoms with Crippen LogP contribution in [0.3, 0.4) is 0 Å². The standard InChI is InChI=1S/C10H13N3OS/c14-9(13-10-11-3-4-15-10)7-5-6-1-2-8(7)12-6/h3-4,6-8,12H,1-2,5H2,(H,11,13,14). The largest absolute Gasteiger partial charge is 0.310 e. The van der Waals surface area contributed by atoms with Crippen LogP contribution in [0.15, 0.2) is 11.6 Å². The summed E-state index contributed by atoms with van der Waals surface area (Å²) in [5, 5.41) is 8.92. The number of anilines is 1. The Bertz CT molecular complexity index is 365. The molecule has 0 radical (unpaired) electrons. The quantitative estimate of drug-likeness (QED) is 0.792. The summed E-state index contributed by atoms with van der Waals surface area (Å²) in [6, 6.07) is 0.969. The van der Waals surface area contributed by atoms with E-state index in [0.717, 1.165) is 12.8 Å². The minimum atomic E-state index is 0.129. The molecule has 5 heteroatoms. The topological polar surface area (TPSA) is 54.0 Å². The molecule has 0 saturated carbocycles. The Morgan fingerprint density at radius 2 is 2.53 bits per heavy atom. The summed E-state index contributed by atoms with van der Waals surface area (Å²) in [7, 11) is 0. The SMILES string of the molecule is O=C(Nc1nccs1)C1CC2CCC1N2. The van der Waals surface area contributed by atoms with Crippen molar-refractivity contribution in [3.63, 3.8) is 0 Å². The first-order chi connectivity index (χ1) is 7.33. The van der Waals surface area contributed by atoms with E-state index in [1.807, 2.05) is 5.38 Å². The van der Waals surface area contributed by atoms with Crippen LogP contribution in [0.5, 0.6) is 0 Å². The van der Waals surface area contributed by atoms with Crippen LogP contribution in [-0.4, -0.2) is 23.0 Å². The number of amides is 1. The Morgan fingerprint density at radius 3 is 3.13 bits per heavy atom. The Balaban J connectivity index is 1.66. The van der Waals surface area contributed by atoms with Crippen molar-refractivity contribution < 1.29 is 4.79 Å². The Hall–Kier alpha value is -0.940. The lowest BCUT2D eigenvalue weighted by Crippen LogP contribution is -2.32. The normalized spacial score (nSPS) is 33.2. The molecule has 15 heavy (non-hydrogen) atoms. The number of hydrogen-bond donors (Lipinski definition) is 2. The van der Waals surface area contributed by atoms with E-state index in [4.69, 9.17) is 0 Å². The number of fused-ring (bicyclic) bond motifs is 2. The highest BCUT2D eigenvalue weighted by Crippen LogP contribution is 2.33. The van der Waals surface area contributed by atoms with Gasteiger partial charge in [0.1, 0.15) is 0 Å². The molecule has 3 unspecified atom stereocenters. The lowest BCUT2D eigenvalue weighted by molar-refractivity contribution is -0.120. The molecule has 2 aliphatic rings. The number of thiazole rings is 1. The molecule has 0 spiro atoms. The van der Waals surface area contributed by atoms with Crippen LogP contribution < -0.4 is 10.6 Å². The van der Waals surface area contributed by atoms with E-state index in [1.54, 1.807) is 6.20 Å². The van der Waals surface area contributed by atoms with Gasteiger partial charge in [-0.25, -0.2) is 4.98 Å². The second kappa shape index (κ2) is 3.57. The number of nitrogens with one attached hydrogen (secondary N) is 2. The summed E-state index contributed by atoms with van der Waals surface area (Å²) in [5.74, 6) is 0.275. The summed E-state index contributed by atoms with van der Waals surface area (Å²) >= 11 is 1.47. The lowest BCUT2D eigenvalue weighted by atomic mass is 9.88. The average molecular weight is 223 g/mol. The highest BCUT2D eigenvalue weighted by atomic mass is 32.1. The van der Waals surface area contributed by atoms with E-state index >= 15 is 0 Å². The van der Waals surface area contributed by atoms with Crippen molar-refractivity contribution in [3.05, 3.63) is 11.6 Å². The summed E-state index contributed by atoms with van der Waals surface area (Å²) in [4.78, 5) is 16.0. The molecule has 4 nitrogen and oxygen atoms in total. The molecule has 3 atom stereocenters. The highest BCUT2D eigenvalue weighted by molar-refractivity contribution is 7.13. The molecule has 0 aliphatic carbocycles. The van der Waals surface area contributed by atoms with Gasteiger partial charge in [-0.3, -0.25) is 4.79 Å².